The summed E-state index contributed by atoms with van der Waals surface area (Å²) >= 11 is 0. The van der Waals surface area contributed by atoms with Crippen molar-refractivity contribution in [2.45, 2.75) is 56.3 Å². The first kappa shape index (κ1) is 25.0. The topological polar surface area (TPSA) is 73.9 Å². The van der Waals surface area contributed by atoms with Crippen LogP contribution in [0, 0.1) is 5.82 Å². The van der Waals surface area contributed by atoms with Gasteiger partial charge < -0.3 is 14.2 Å². The lowest BCUT2D eigenvalue weighted by atomic mass is 9.93. The molecular weight excluding hydrogens is 526 g/mol. The minimum absolute atomic E-state index is 0.0223. The Morgan fingerprint density at radius 2 is 1.85 bits per heavy atom. The molecule has 4 aromatic rings. The van der Waals surface area contributed by atoms with Gasteiger partial charge in [-0.1, -0.05) is 0 Å². The highest BCUT2D eigenvalue weighted by atomic mass is 19.4. The number of benzene rings is 1. The standard InChI is InChI=1S/C28H27F4N7O/c1-37-12-21(28(30,31)32)35-26(37)17-8-6-15(10-18(17)29)39-16-7-9-19(39)22-20(11-16)38(2)36-25(22)23-24(14-4-5-14)33-13-34-27(23)40-3/h6,8,10,12-14,16,19H,4-5,7,9,11H2,1-3H3. The van der Waals surface area contributed by atoms with E-state index in [0.717, 1.165) is 66.5 Å². The largest absolute Gasteiger partial charge is 0.480 e. The molecule has 2 bridgehead atoms. The Labute approximate surface area is 227 Å². The van der Waals surface area contributed by atoms with E-state index in [2.05, 4.69) is 19.9 Å². The minimum Gasteiger partial charge on any atom is -0.480 e. The summed E-state index contributed by atoms with van der Waals surface area (Å²) < 4.78 is 63.9. The van der Waals surface area contributed by atoms with Crippen molar-refractivity contribution in [3.63, 3.8) is 0 Å². The first-order valence-corrected chi connectivity index (χ1v) is 13.3. The van der Waals surface area contributed by atoms with Crippen molar-refractivity contribution in [2.24, 2.45) is 14.1 Å². The third-order valence-electron chi connectivity index (χ3n) is 8.37. The van der Waals surface area contributed by atoms with Gasteiger partial charge in [-0.25, -0.2) is 19.3 Å². The number of rotatable bonds is 5. The lowest BCUT2D eigenvalue weighted by molar-refractivity contribution is -0.140. The van der Waals surface area contributed by atoms with E-state index >= 15 is 4.39 Å². The molecule has 40 heavy (non-hydrogen) atoms. The number of halogens is 4. The maximum Gasteiger partial charge on any atom is 0.434 e. The summed E-state index contributed by atoms with van der Waals surface area (Å²) in [6, 6.07) is 4.79. The molecule has 5 heterocycles. The molecule has 0 N–H and O–H groups in total. The van der Waals surface area contributed by atoms with Crippen molar-refractivity contribution < 1.29 is 22.3 Å². The van der Waals surface area contributed by atoms with Gasteiger partial charge >= 0.3 is 6.18 Å². The molecule has 208 valence electrons. The van der Waals surface area contributed by atoms with Crippen molar-refractivity contribution >= 4 is 5.69 Å². The molecule has 3 aromatic heterocycles. The molecule has 2 fully saturated rings. The smallest absolute Gasteiger partial charge is 0.434 e. The van der Waals surface area contributed by atoms with E-state index in [4.69, 9.17) is 9.84 Å². The van der Waals surface area contributed by atoms with Crippen LogP contribution < -0.4 is 9.64 Å². The summed E-state index contributed by atoms with van der Waals surface area (Å²) in [5.41, 5.74) is 4.44. The number of aromatic nitrogens is 6. The van der Waals surface area contributed by atoms with Crippen LogP contribution in [0.15, 0.2) is 30.7 Å². The summed E-state index contributed by atoms with van der Waals surface area (Å²) in [6.45, 7) is 0. The number of anilines is 1. The number of fused-ring (bicyclic) bond motifs is 4. The summed E-state index contributed by atoms with van der Waals surface area (Å²) in [6.07, 6.45) is 2.45. The fourth-order valence-electron chi connectivity index (χ4n) is 6.46. The molecule has 0 radical (unpaired) electrons. The Balaban J connectivity index is 1.30. The quantitative estimate of drug-likeness (QED) is 0.300. The Morgan fingerprint density at radius 1 is 1.05 bits per heavy atom. The number of imidazole rings is 1. The lowest BCUT2D eigenvalue weighted by Crippen LogP contribution is -2.38. The number of alkyl halides is 3. The first-order chi connectivity index (χ1) is 19.2. The molecular formula is C28H27F4N7O. The average Bonchev–Trinajstić information content (AvgIpc) is 3.52. The van der Waals surface area contributed by atoms with Gasteiger partial charge in [0.2, 0.25) is 5.88 Å². The molecule has 1 aliphatic carbocycles. The van der Waals surface area contributed by atoms with Gasteiger partial charge in [0, 0.05) is 55.6 Å². The Hall–Kier alpha value is -3.96. The number of aryl methyl sites for hydroxylation is 2. The van der Waals surface area contributed by atoms with Crippen LogP contribution >= 0.6 is 0 Å². The van der Waals surface area contributed by atoms with E-state index < -0.39 is 17.7 Å². The Bertz CT molecular complexity index is 1640. The van der Waals surface area contributed by atoms with E-state index in [1.54, 1.807) is 13.2 Å². The van der Waals surface area contributed by atoms with E-state index in [-0.39, 0.29) is 23.5 Å². The van der Waals surface area contributed by atoms with Crippen molar-refractivity contribution in [2.75, 3.05) is 12.0 Å². The number of hydrogen-bond acceptors (Lipinski definition) is 6. The fraction of sp³-hybridized carbons (Fsp3) is 0.429. The van der Waals surface area contributed by atoms with Gasteiger partial charge in [-0.05, 0) is 43.9 Å². The van der Waals surface area contributed by atoms with Crippen LogP contribution in [-0.2, 0) is 26.7 Å². The van der Waals surface area contributed by atoms with Crippen LogP contribution in [-0.4, -0.2) is 42.5 Å². The van der Waals surface area contributed by atoms with Gasteiger partial charge in [0.05, 0.1) is 30.0 Å². The second kappa shape index (κ2) is 8.77. The predicted octanol–water partition coefficient (Wildman–Crippen LogP) is 5.59. The highest BCUT2D eigenvalue weighted by Gasteiger charge is 2.45. The van der Waals surface area contributed by atoms with Gasteiger partial charge in [-0.15, -0.1) is 0 Å². The maximum absolute atomic E-state index is 15.5. The third kappa shape index (κ3) is 3.79. The van der Waals surface area contributed by atoms with Gasteiger partial charge in [0.15, 0.2) is 5.69 Å². The zero-order valence-corrected chi connectivity index (χ0v) is 22.2. The van der Waals surface area contributed by atoms with Crippen LogP contribution in [0.1, 0.15) is 60.3 Å². The predicted molar refractivity (Wildman–Crippen MR) is 138 cm³/mol. The van der Waals surface area contributed by atoms with Crippen LogP contribution in [0.25, 0.3) is 22.6 Å². The SMILES string of the molecule is COc1ncnc(C2CC2)c1-c1nn(C)c2c1C1CCC(C2)N1c1ccc(-c2nc(C(F)(F)F)cn2C)c(F)c1. The molecule has 0 amide bonds. The number of nitrogens with zero attached hydrogens (tertiary/aromatic N) is 7. The molecule has 1 saturated carbocycles. The maximum atomic E-state index is 15.5. The molecule has 2 atom stereocenters. The van der Waals surface area contributed by atoms with Gasteiger partial charge in [0.25, 0.3) is 0 Å². The zero-order chi connectivity index (χ0) is 27.9. The van der Waals surface area contributed by atoms with E-state index in [0.29, 0.717) is 17.5 Å². The highest BCUT2D eigenvalue weighted by Crippen LogP contribution is 2.52. The molecule has 8 nitrogen and oxygen atoms in total. The number of ether oxygens (including phenoxy) is 1. The number of hydrogen-bond donors (Lipinski definition) is 0. The molecule has 2 unspecified atom stereocenters. The molecule has 12 heteroatoms. The highest BCUT2D eigenvalue weighted by molar-refractivity contribution is 5.75. The second-order valence-corrected chi connectivity index (χ2v) is 10.8. The molecule has 1 saturated heterocycles. The number of methoxy groups -OCH3 is 1. The van der Waals surface area contributed by atoms with Crippen molar-refractivity contribution in [3.05, 3.63) is 59.2 Å². The molecule has 3 aliphatic rings. The lowest BCUT2D eigenvalue weighted by Gasteiger charge is -2.37. The molecule has 1 aromatic carbocycles. The van der Waals surface area contributed by atoms with Gasteiger partial charge in [-0.3, -0.25) is 4.68 Å². The average molecular weight is 554 g/mol. The summed E-state index contributed by atoms with van der Waals surface area (Å²) in [4.78, 5) is 14.9. The third-order valence-corrected chi connectivity index (χ3v) is 8.37. The second-order valence-electron chi connectivity index (χ2n) is 10.8. The van der Waals surface area contributed by atoms with Crippen LogP contribution in [0.2, 0.25) is 0 Å². The van der Waals surface area contributed by atoms with Gasteiger partial charge in [-0.2, -0.15) is 18.3 Å². The fourth-order valence-corrected chi connectivity index (χ4v) is 6.46. The normalized spacial score (nSPS) is 20.2. The van der Waals surface area contributed by atoms with Crippen molar-refractivity contribution in [1.82, 2.24) is 29.3 Å². The van der Waals surface area contributed by atoms with Gasteiger partial charge in [0.1, 0.15) is 23.7 Å². The van der Waals surface area contributed by atoms with E-state index in [1.807, 2.05) is 11.7 Å². The monoisotopic (exact) mass is 553 g/mol. The Morgan fingerprint density at radius 3 is 2.52 bits per heavy atom. The van der Waals surface area contributed by atoms with E-state index in [1.165, 1.54) is 30.1 Å². The molecule has 7 rings (SSSR count). The Kier molecular flexibility index (Phi) is 5.49. The van der Waals surface area contributed by atoms with Crippen LogP contribution in [0.4, 0.5) is 23.2 Å². The summed E-state index contributed by atoms with van der Waals surface area (Å²) in [5.74, 6) is 0.156. The molecule has 2 aliphatic heterocycles. The van der Waals surface area contributed by atoms with Crippen molar-refractivity contribution in [3.8, 4) is 28.5 Å². The summed E-state index contributed by atoms with van der Waals surface area (Å²) in [7, 11) is 4.97. The van der Waals surface area contributed by atoms with E-state index in [9.17, 15) is 13.2 Å². The molecule has 0 spiro atoms. The summed E-state index contributed by atoms with van der Waals surface area (Å²) in [5, 5.41) is 4.94. The van der Waals surface area contributed by atoms with Crippen LogP contribution in [0.5, 0.6) is 5.88 Å². The minimum atomic E-state index is -4.61. The first-order valence-electron chi connectivity index (χ1n) is 13.3. The van der Waals surface area contributed by atoms with Crippen LogP contribution in [0.3, 0.4) is 0 Å². The van der Waals surface area contributed by atoms with Crippen molar-refractivity contribution in [1.29, 1.82) is 0 Å². The zero-order valence-electron chi connectivity index (χ0n) is 22.2.